The third-order valence-electron chi connectivity index (χ3n) is 2.66. The number of rotatable bonds is 3. The molecule has 84 valence electrons. The molecule has 0 N–H and O–H groups in total. The summed E-state index contributed by atoms with van der Waals surface area (Å²) in [6.45, 7) is 0. The molecule has 0 radical (unpaired) electrons. The van der Waals surface area contributed by atoms with Gasteiger partial charge in [-0.25, -0.2) is 0 Å². The molecule has 17 heavy (non-hydrogen) atoms. The van der Waals surface area contributed by atoms with Crippen LogP contribution in [0.4, 0.5) is 0 Å². The molecule has 0 amide bonds. The van der Waals surface area contributed by atoms with Crippen molar-refractivity contribution in [3.05, 3.63) is 60.7 Å². The van der Waals surface area contributed by atoms with Gasteiger partial charge in [0, 0.05) is 10.6 Å². The first-order chi connectivity index (χ1) is 8.27. The third-order valence-corrected chi connectivity index (χ3v) is 5.55. The lowest BCUT2D eigenvalue weighted by Crippen LogP contribution is -2.17. The summed E-state index contributed by atoms with van der Waals surface area (Å²) in [4.78, 5) is 0. The molecule has 0 aliphatic heterocycles. The highest BCUT2D eigenvalue weighted by Crippen LogP contribution is 2.42. The van der Waals surface area contributed by atoms with Gasteiger partial charge in [-0.05, 0) is 0 Å². The Morgan fingerprint density at radius 3 is 1.65 bits per heavy atom. The zero-order valence-electron chi connectivity index (χ0n) is 9.41. The van der Waals surface area contributed by atoms with Crippen molar-refractivity contribution in [1.29, 1.82) is 0 Å². The second kappa shape index (κ2) is 5.04. The Balaban J connectivity index is 2.56. The summed E-state index contributed by atoms with van der Waals surface area (Å²) in [5.74, 6) is 2.54. The van der Waals surface area contributed by atoms with Crippen molar-refractivity contribution in [3.63, 3.8) is 0 Å². The molecule has 2 rings (SSSR count). The summed E-state index contributed by atoms with van der Waals surface area (Å²) < 4.78 is 13.1. The Hall–Kier alpha value is -1.77. The van der Waals surface area contributed by atoms with Crippen LogP contribution in [-0.2, 0) is 4.57 Å². The van der Waals surface area contributed by atoms with Crippen LogP contribution in [0.1, 0.15) is 0 Å². The van der Waals surface area contributed by atoms with Gasteiger partial charge in [-0.2, -0.15) is 0 Å². The monoisotopic (exact) mass is 240 g/mol. The van der Waals surface area contributed by atoms with Crippen LogP contribution < -0.4 is 10.6 Å². The van der Waals surface area contributed by atoms with Crippen LogP contribution >= 0.6 is 7.14 Å². The predicted octanol–water partition coefficient (Wildman–Crippen LogP) is 2.63. The molecule has 0 bridgehead atoms. The van der Waals surface area contributed by atoms with Gasteiger partial charge in [-0.1, -0.05) is 66.6 Å². The molecule has 2 heteroatoms. The molecule has 0 unspecified atom stereocenters. The van der Waals surface area contributed by atoms with Crippen molar-refractivity contribution in [2.45, 2.75) is 0 Å². The summed E-state index contributed by atoms with van der Waals surface area (Å²) in [7, 11) is -2.66. The lowest BCUT2D eigenvalue weighted by Gasteiger charge is -2.16. The molecule has 0 saturated carbocycles. The van der Waals surface area contributed by atoms with Crippen LogP contribution in [0.3, 0.4) is 0 Å². The highest BCUT2D eigenvalue weighted by Gasteiger charge is 2.25. The van der Waals surface area contributed by atoms with E-state index in [9.17, 15) is 4.57 Å². The standard InChI is InChI=1S/C15H13OP/c1-2-13-17(16,14-9-5-3-6-10-14)15-11-7-4-8-12-15/h1,3-12H,13H2. The van der Waals surface area contributed by atoms with Crippen LogP contribution in [0.25, 0.3) is 0 Å². The fourth-order valence-electron chi connectivity index (χ4n) is 1.80. The minimum Gasteiger partial charge on any atom is -0.313 e. The smallest absolute Gasteiger partial charge is 0.154 e. The van der Waals surface area contributed by atoms with Crippen LogP contribution in [-0.4, -0.2) is 6.16 Å². The Morgan fingerprint density at radius 2 is 1.29 bits per heavy atom. The average molecular weight is 240 g/mol. The van der Waals surface area contributed by atoms with Gasteiger partial charge >= 0.3 is 0 Å². The first-order valence-electron chi connectivity index (χ1n) is 5.41. The molecule has 1 nitrogen and oxygen atoms in total. The van der Waals surface area contributed by atoms with E-state index in [1.807, 2.05) is 60.7 Å². The quantitative estimate of drug-likeness (QED) is 0.595. The van der Waals surface area contributed by atoms with Gasteiger partial charge in [0.2, 0.25) is 0 Å². The van der Waals surface area contributed by atoms with Crippen LogP contribution in [0, 0.1) is 12.3 Å². The minimum atomic E-state index is -2.66. The third kappa shape index (κ3) is 2.33. The molecule has 0 spiro atoms. The highest BCUT2D eigenvalue weighted by molar-refractivity contribution is 7.78. The Kier molecular flexibility index (Phi) is 3.47. The SMILES string of the molecule is C#CCP(=O)(c1ccccc1)c1ccccc1. The molecule has 0 heterocycles. The maximum absolute atomic E-state index is 13.1. The van der Waals surface area contributed by atoms with E-state index in [4.69, 9.17) is 6.42 Å². The van der Waals surface area contributed by atoms with Crippen molar-refractivity contribution in [2.75, 3.05) is 6.16 Å². The van der Waals surface area contributed by atoms with Crippen molar-refractivity contribution in [2.24, 2.45) is 0 Å². The van der Waals surface area contributed by atoms with Crippen molar-refractivity contribution < 1.29 is 4.57 Å². The van der Waals surface area contributed by atoms with Gasteiger partial charge in [-0.3, -0.25) is 0 Å². The zero-order chi connectivity index (χ0) is 12.1. The molecule has 2 aromatic carbocycles. The van der Waals surface area contributed by atoms with Crippen molar-refractivity contribution in [3.8, 4) is 12.3 Å². The van der Waals surface area contributed by atoms with E-state index < -0.39 is 7.14 Å². The molecule has 0 fully saturated rings. The molecule has 0 atom stereocenters. The summed E-state index contributed by atoms with van der Waals surface area (Å²) in [6, 6.07) is 18.9. The Bertz CT molecular complexity index is 523. The van der Waals surface area contributed by atoms with E-state index in [1.54, 1.807) is 0 Å². The van der Waals surface area contributed by atoms with Crippen LogP contribution in [0.5, 0.6) is 0 Å². The summed E-state index contributed by atoms with van der Waals surface area (Å²) in [5.41, 5.74) is 0. The number of hydrogen-bond acceptors (Lipinski definition) is 1. The van der Waals surface area contributed by atoms with E-state index >= 15 is 0 Å². The summed E-state index contributed by atoms with van der Waals surface area (Å²) >= 11 is 0. The van der Waals surface area contributed by atoms with Gasteiger partial charge < -0.3 is 4.57 Å². The first kappa shape index (κ1) is 11.7. The summed E-state index contributed by atoms with van der Waals surface area (Å²) in [5, 5.41) is 1.65. The summed E-state index contributed by atoms with van der Waals surface area (Å²) in [6.07, 6.45) is 5.63. The maximum atomic E-state index is 13.1. The van der Waals surface area contributed by atoms with E-state index in [1.165, 1.54) is 0 Å². The van der Waals surface area contributed by atoms with Gasteiger partial charge in [0.25, 0.3) is 0 Å². The van der Waals surface area contributed by atoms with Crippen molar-refractivity contribution in [1.82, 2.24) is 0 Å². The molecule has 0 saturated heterocycles. The number of hydrogen-bond donors (Lipinski definition) is 0. The Labute approximate surface area is 102 Å². The van der Waals surface area contributed by atoms with Crippen molar-refractivity contribution >= 4 is 17.8 Å². The van der Waals surface area contributed by atoms with Gasteiger partial charge in [-0.15, -0.1) is 6.42 Å². The van der Waals surface area contributed by atoms with Crippen LogP contribution in [0.15, 0.2) is 60.7 Å². The van der Waals surface area contributed by atoms with E-state index in [2.05, 4.69) is 5.92 Å². The maximum Gasteiger partial charge on any atom is 0.154 e. The molecule has 0 aromatic heterocycles. The van der Waals surface area contributed by atoms with E-state index in [-0.39, 0.29) is 6.16 Å². The molecular formula is C15H13OP. The molecule has 0 aliphatic rings. The predicted molar refractivity (Wildman–Crippen MR) is 73.5 cm³/mol. The van der Waals surface area contributed by atoms with E-state index in [0.29, 0.717) is 0 Å². The topological polar surface area (TPSA) is 17.1 Å². The highest BCUT2D eigenvalue weighted by atomic mass is 31.2. The van der Waals surface area contributed by atoms with Gasteiger partial charge in [0.05, 0.1) is 6.16 Å². The zero-order valence-corrected chi connectivity index (χ0v) is 10.3. The average Bonchev–Trinajstić information content (AvgIpc) is 2.41. The lowest BCUT2D eigenvalue weighted by atomic mass is 10.4. The minimum absolute atomic E-state index is 0.265. The normalized spacial score (nSPS) is 10.8. The first-order valence-corrected chi connectivity index (χ1v) is 7.30. The molecular weight excluding hydrogens is 227 g/mol. The van der Waals surface area contributed by atoms with Gasteiger partial charge in [0.1, 0.15) is 0 Å². The van der Waals surface area contributed by atoms with Crippen LogP contribution in [0.2, 0.25) is 0 Å². The second-order valence-electron chi connectivity index (χ2n) is 3.77. The lowest BCUT2D eigenvalue weighted by molar-refractivity contribution is 0.589. The fourth-order valence-corrected chi connectivity index (χ4v) is 4.03. The Morgan fingerprint density at radius 1 is 0.882 bits per heavy atom. The van der Waals surface area contributed by atoms with E-state index in [0.717, 1.165) is 10.6 Å². The fraction of sp³-hybridized carbons (Fsp3) is 0.0667. The number of terminal acetylenes is 1. The second-order valence-corrected chi connectivity index (χ2v) is 6.60. The van der Waals surface area contributed by atoms with Gasteiger partial charge in [0.15, 0.2) is 7.14 Å². The number of benzene rings is 2. The largest absolute Gasteiger partial charge is 0.313 e. The molecule has 0 aliphatic carbocycles. The molecule has 2 aromatic rings.